The summed E-state index contributed by atoms with van der Waals surface area (Å²) >= 11 is 0. The molecule has 0 aromatic heterocycles. The maximum Gasteiger partial charge on any atom is 0.337 e. The Hall–Kier alpha value is -2.37. The number of para-hydroxylation sites is 1. The van der Waals surface area contributed by atoms with Crippen molar-refractivity contribution in [3.8, 4) is 5.75 Å². The van der Waals surface area contributed by atoms with Gasteiger partial charge in [-0.2, -0.15) is 0 Å². The molecule has 0 spiro atoms. The van der Waals surface area contributed by atoms with Crippen LogP contribution in [0.3, 0.4) is 0 Å². The van der Waals surface area contributed by atoms with E-state index >= 15 is 0 Å². The van der Waals surface area contributed by atoms with Crippen LogP contribution in [-0.4, -0.2) is 29.9 Å². The van der Waals surface area contributed by atoms with Gasteiger partial charge < -0.3 is 15.2 Å². The van der Waals surface area contributed by atoms with Gasteiger partial charge in [-0.25, -0.2) is 4.79 Å². The van der Waals surface area contributed by atoms with Crippen molar-refractivity contribution < 1.29 is 24.2 Å². The van der Waals surface area contributed by atoms with Crippen LogP contribution in [0.25, 0.3) is 0 Å². The van der Waals surface area contributed by atoms with Crippen molar-refractivity contribution in [3.63, 3.8) is 0 Å². The molecule has 0 aliphatic carbocycles. The summed E-state index contributed by atoms with van der Waals surface area (Å²) in [6, 6.07) is 4.28. The van der Waals surface area contributed by atoms with Gasteiger partial charge in [-0.15, -0.1) is 0 Å². The van der Waals surface area contributed by atoms with Crippen LogP contribution in [-0.2, 0) is 9.59 Å². The Bertz CT molecular complexity index is 455. The number of aromatic carboxylic acids is 1. The summed E-state index contributed by atoms with van der Waals surface area (Å²) in [6.45, 7) is 1.04. The number of nitrogens with one attached hydrogen (secondary N) is 1. The Morgan fingerprint density at radius 2 is 2.18 bits per heavy atom. The second-order valence-electron chi connectivity index (χ2n) is 3.14. The van der Waals surface area contributed by atoms with Gasteiger partial charge in [0.2, 0.25) is 5.91 Å². The molecule has 0 saturated carbocycles. The highest BCUT2D eigenvalue weighted by atomic mass is 16.5. The molecule has 0 atom stereocenters. The predicted molar refractivity (Wildman–Crippen MR) is 59.3 cm³/mol. The van der Waals surface area contributed by atoms with Crippen molar-refractivity contribution in [2.45, 2.75) is 6.92 Å². The fraction of sp³-hybridized carbons (Fsp3) is 0.182. The van der Waals surface area contributed by atoms with E-state index in [0.717, 1.165) is 0 Å². The number of hydrogen-bond acceptors (Lipinski definition) is 4. The SMILES string of the molecule is CC(=O)Nc1c(OCC=O)cccc1C(=O)O. The van der Waals surface area contributed by atoms with E-state index < -0.39 is 11.9 Å². The maximum atomic E-state index is 11.0. The molecule has 0 fully saturated rings. The molecule has 6 heteroatoms. The molecule has 0 bridgehead atoms. The Morgan fingerprint density at radius 1 is 1.47 bits per heavy atom. The number of carboxylic acids is 1. The van der Waals surface area contributed by atoms with Crippen molar-refractivity contribution in [3.05, 3.63) is 23.8 Å². The summed E-state index contributed by atoms with van der Waals surface area (Å²) in [7, 11) is 0. The zero-order valence-electron chi connectivity index (χ0n) is 9.10. The van der Waals surface area contributed by atoms with Gasteiger partial charge in [0.25, 0.3) is 0 Å². The molecule has 0 saturated heterocycles. The summed E-state index contributed by atoms with van der Waals surface area (Å²) in [5.41, 5.74) is -0.0436. The normalized spacial score (nSPS) is 9.47. The van der Waals surface area contributed by atoms with E-state index in [4.69, 9.17) is 9.84 Å². The second-order valence-corrected chi connectivity index (χ2v) is 3.14. The molecule has 0 aliphatic heterocycles. The van der Waals surface area contributed by atoms with Gasteiger partial charge in [0.1, 0.15) is 12.4 Å². The number of amides is 1. The minimum atomic E-state index is -1.19. The fourth-order valence-corrected chi connectivity index (χ4v) is 1.26. The summed E-state index contributed by atoms with van der Waals surface area (Å²) in [6.07, 6.45) is 0.533. The molecule has 90 valence electrons. The van der Waals surface area contributed by atoms with Crippen LogP contribution in [0.2, 0.25) is 0 Å². The van der Waals surface area contributed by atoms with Crippen LogP contribution >= 0.6 is 0 Å². The summed E-state index contributed by atoms with van der Waals surface area (Å²) in [5, 5.41) is 11.3. The van der Waals surface area contributed by atoms with E-state index in [0.29, 0.717) is 6.29 Å². The lowest BCUT2D eigenvalue weighted by Crippen LogP contribution is -2.13. The summed E-state index contributed by atoms with van der Waals surface area (Å²) < 4.78 is 5.03. The zero-order chi connectivity index (χ0) is 12.8. The highest BCUT2D eigenvalue weighted by molar-refractivity contribution is 6.01. The largest absolute Gasteiger partial charge is 0.484 e. The monoisotopic (exact) mass is 237 g/mol. The van der Waals surface area contributed by atoms with Crippen molar-refractivity contribution in [1.82, 2.24) is 0 Å². The Labute approximate surface area is 97.2 Å². The van der Waals surface area contributed by atoms with Crippen LogP contribution in [0.4, 0.5) is 5.69 Å². The lowest BCUT2D eigenvalue weighted by molar-refractivity contribution is -0.114. The zero-order valence-corrected chi connectivity index (χ0v) is 9.10. The lowest BCUT2D eigenvalue weighted by atomic mass is 10.1. The van der Waals surface area contributed by atoms with E-state index in [1.165, 1.54) is 25.1 Å². The van der Waals surface area contributed by atoms with E-state index in [9.17, 15) is 14.4 Å². The third-order valence-corrected chi connectivity index (χ3v) is 1.86. The number of carbonyl (C=O) groups is 3. The minimum absolute atomic E-state index is 0.0503. The van der Waals surface area contributed by atoms with Gasteiger partial charge in [-0.1, -0.05) is 6.07 Å². The average Bonchev–Trinajstić information content (AvgIpc) is 2.26. The van der Waals surface area contributed by atoms with Gasteiger partial charge in [0.05, 0.1) is 11.3 Å². The van der Waals surface area contributed by atoms with Crippen molar-refractivity contribution >= 4 is 23.9 Å². The standard InChI is InChI=1S/C11H11NO5/c1-7(14)12-10-8(11(15)16)3-2-4-9(10)17-6-5-13/h2-5H,6H2,1H3,(H,12,14)(H,15,16). The molecule has 0 unspecified atom stereocenters. The number of carboxylic acid groups (broad SMARTS) is 1. The first kappa shape index (κ1) is 12.7. The Balaban J connectivity index is 3.18. The second kappa shape index (κ2) is 5.64. The van der Waals surface area contributed by atoms with E-state index in [-0.39, 0.29) is 23.6 Å². The quantitative estimate of drug-likeness (QED) is 0.743. The molecule has 0 aliphatic rings. The van der Waals surface area contributed by atoms with Crippen LogP contribution in [0.1, 0.15) is 17.3 Å². The molecule has 1 amide bonds. The summed E-state index contributed by atoms with van der Waals surface area (Å²) in [5.74, 6) is -1.47. The average molecular weight is 237 g/mol. The third kappa shape index (κ3) is 3.30. The first-order valence-electron chi connectivity index (χ1n) is 4.76. The first-order valence-corrected chi connectivity index (χ1v) is 4.76. The van der Waals surface area contributed by atoms with Crippen LogP contribution in [0.15, 0.2) is 18.2 Å². The molecule has 2 N–H and O–H groups in total. The van der Waals surface area contributed by atoms with Gasteiger partial charge in [-0.3, -0.25) is 9.59 Å². The smallest absolute Gasteiger partial charge is 0.337 e. The predicted octanol–water partition coefficient (Wildman–Crippen LogP) is 0.921. The highest BCUT2D eigenvalue weighted by Crippen LogP contribution is 2.28. The highest BCUT2D eigenvalue weighted by Gasteiger charge is 2.15. The molecule has 1 rings (SSSR count). The maximum absolute atomic E-state index is 11.0. The van der Waals surface area contributed by atoms with Crippen molar-refractivity contribution in [1.29, 1.82) is 0 Å². The van der Waals surface area contributed by atoms with Gasteiger partial charge in [0.15, 0.2) is 6.29 Å². The van der Waals surface area contributed by atoms with Crippen molar-refractivity contribution in [2.75, 3.05) is 11.9 Å². The number of benzene rings is 1. The molecule has 6 nitrogen and oxygen atoms in total. The van der Waals surface area contributed by atoms with E-state index in [2.05, 4.69) is 5.32 Å². The molecule has 1 aromatic carbocycles. The molecule has 0 heterocycles. The molecule has 1 aromatic rings. The topological polar surface area (TPSA) is 92.7 Å². The number of anilines is 1. The minimum Gasteiger partial charge on any atom is -0.484 e. The lowest BCUT2D eigenvalue weighted by Gasteiger charge is -2.12. The Morgan fingerprint density at radius 3 is 2.71 bits per heavy atom. The third-order valence-electron chi connectivity index (χ3n) is 1.86. The molecule has 0 radical (unpaired) electrons. The number of rotatable bonds is 5. The fourth-order valence-electron chi connectivity index (χ4n) is 1.26. The number of ether oxygens (including phenoxy) is 1. The van der Waals surface area contributed by atoms with Crippen molar-refractivity contribution in [2.24, 2.45) is 0 Å². The van der Waals surface area contributed by atoms with Crippen LogP contribution < -0.4 is 10.1 Å². The van der Waals surface area contributed by atoms with Crippen LogP contribution in [0.5, 0.6) is 5.75 Å². The molecular weight excluding hydrogens is 226 g/mol. The number of carbonyl (C=O) groups excluding carboxylic acids is 2. The first-order chi connectivity index (χ1) is 8.06. The van der Waals surface area contributed by atoms with E-state index in [1.807, 2.05) is 0 Å². The van der Waals surface area contributed by atoms with Crippen LogP contribution in [0, 0.1) is 0 Å². The van der Waals surface area contributed by atoms with Gasteiger partial charge in [-0.05, 0) is 12.1 Å². The van der Waals surface area contributed by atoms with E-state index in [1.54, 1.807) is 0 Å². The molecular formula is C11H11NO5. The molecule has 17 heavy (non-hydrogen) atoms. The van der Waals surface area contributed by atoms with Gasteiger partial charge in [0, 0.05) is 6.92 Å². The number of hydrogen-bond donors (Lipinski definition) is 2. The number of aldehydes is 1. The Kier molecular flexibility index (Phi) is 4.21. The summed E-state index contributed by atoms with van der Waals surface area (Å²) in [4.78, 5) is 32.1. The van der Waals surface area contributed by atoms with Gasteiger partial charge >= 0.3 is 5.97 Å².